The predicted octanol–water partition coefficient (Wildman–Crippen LogP) is 4.56. The highest BCUT2D eigenvalue weighted by Crippen LogP contribution is 2.33. The van der Waals surface area contributed by atoms with Crippen LogP contribution in [-0.4, -0.2) is 51.1 Å². The minimum absolute atomic E-state index is 0.119. The number of piperidine rings is 1. The van der Waals surface area contributed by atoms with Crippen LogP contribution in [0.1, 0.15) is 43.0 Å². The second-order valence-corrected chi connectivity index (χ2v) is 10.0. The molecule has 9 heteroatoms. The Balaban J connectivity index is 1.35. The zero-order valence-corrected chi connectivity index (χ0v) is 19.8. The van der Waals surface area contributed by atoms with Gasteiger partial charge in [0.05, 0.1) is 5.69 Å². The lowest BCUT2D eigenvalue weighted by atomic mass is 9.93. The topological polar surface area (TPSA) is 98.8 Å². The largest absolute Gasteiger partial charge is 0.326 e. The zero-order chi connectivity index (χ0) is 22.8. The van der Waals surface area contributed by atoms with E-state index < -0.39 is 0 Å². The Morgan fingerprint density at radius 3 is 2.48 bits per heavy atom. The van der Waals surface area contributed by atoms with Gasteiger partial charge in [-0.2, -0.15) is 5.10 Å². The number of nitrogens with zero attached hydrogens (tertiary/aromatic N) is 4. The number of likely N-dealkylation sites (tertiary alicyclic amines) is 1. The van der Waals surface area contributed by atoms with Crippen molar-refractivity contribution in [2.75, 3.05) is 30.8 Å². The number of hydrogen-bond acceptors (Lipinski definition) is 7. The molecule has 5 rings (SSSR count). The van der Waals surface area contributed by atoms with Crippen LogP contribution in [0.4, 0.5) is 17.3 Å². The van der Waals surface area contributed by atoms with Crippen molar-refractivity contribution in [3.63, 3.8) is 0 Å². The third-order valence-corrected chi connectivity index (χ3v) is 6.98. The number of rotatable bonds is 7. The van der Waals surface area contributed by atoms with E-state index in [1.54, 1.807) is 0 Å². The van der Waals surface area contributed by atoms with Crippen LogP contribution < -0.4 is 10.6 Å². The summed E-state index contributed by atoms with van der Waals surface area (Å²) in [5, 5.41) is 14.3. The third kappa shape index (κ3) is 5.72. The molecular formula is C24H29N7OS. The monoisotopic (exact) mass is 463 g/mol. The molecule has 0 radical (unpaired) electrons. The molecule has 0 bridgehead atoms. The molecule has 1 saturated carbocycles. The molecule has 3 heterocycles. The van der Waals surface area contributed by atoms with Gasteiger partial charge in [0.15, 0.2) is 11.0 Å². The van der Waals surface area contributed by atoms with Gasteiger partial charge in [-0.1, -0.05) is 0 Å². The van der Waals surface area contributed by atoms with Crippen molar-refractivity contribution in [3.8, 4) is 0 Å². The predicted molar refractivity (Wildman–Crippen MR) is 130 cm³/mol. The standard InChI is InChI=1S/C24H29N7OS/c1-15-13-22(30-29-15)27-21-14-20(16-9-11-31(2)12-10-16)26-24(28-21)33-19-7-5-18(6-8-19)25-23(32)17-3-4-17/h5-8,13-14,16-17H,3-4,9-12H2,1-2H3,(H,25,32)(H2,26,27,28,29,30). The fourth-order valence-corrected chi connectivity index (χ4v) is 4.76. The first-order chi connectivity index (χ1) is 16.0. The summed E-state index contributed by atoms with van der Waals surface area (Å²) in [6.45, 7) is 4.12. The Hall–Kier alpha value is -2.91. The number of benzene rings is 1. The van der Waals surface area contributed by atoms with E-state index in [2.05, 4.69) is 38.8 Å². The van der Waals surface area contributed by atoms with E-state index in [1.807, 2.05) is 37.3 Å². The van der Waals surface area contributed by atoms with Crippen molar-refractivity contribution < 1.29 is 4.79 Å². The number of anilines is 3. The van der Waals surface area contributed by atoms with Crippen molar-refractivity contribution >= 4 is 35.0 Å². The van der Waals surface area contributed by atoms with Crippen LogP contribution in [0, 0.1) is 12.8 Å². The minimum atomic E-state index is 0.119. The molecule has 172 valence electrons. The van der Waals surface area contributed by atoms with Gasteiger partial charge in [-0.05, 0) is 88.8 Å². The highest BCUT2D eigenvalue weighted by atomic mass is 32.2. The van der Waals surface area contributed by atoms with Crippen molar-refractivity contribution in [1.29, 1.82) is 0 Å². The zero-order valence-electron chi connectivity index (χ0n) is 19.0. The third-order valence-electron chi connectivity index (χ3n) is 6.10. The molecule has 2 aromatic heterocycles. The van der Waals surface area contributed by atoms with Gasteiger partial charge in [0.1, 0.15) is 5.82 Å². The molecule has 1 saturated heterocycles. The molecular weight excluding hydrogens is 434 g/mol. The quantitative estimate of drug-likeness (QED) is 0.442. The Bertz CT molecular complexity index is 1120. The molecule has 0 spiro atoms. The van der Waals surface area contributed by atoms with Gasteiger partial charge in [0.2, 0.25) is 5.91 Å². The van der Waals surface area contributed by atoms with Crippen molar-refractivity contribution in [3.05, 3.63) is 47.8 Å². The van der Waals surface area contributed by atoms with E-state index >= 15 is 0 Å². The molecule has 1 aromatic carbocycles. The van der Waals surface area contributed by atoms with Crippen LogP contribution in [0.2, 0.25) is 0 Å². The maximum atomic E-state index is 12.0. The summed E-state index contributed by atoms with van der Waals surface area (Å²) in [5.74, 6) is 2.23. The molecule has 1 amide bonds. The van der Waals surface area contributed by atoms with Gasteiger partial charge in [-0.25, -0.2) is 9.97 Å². The summed E-state index contributed by atoms with van der Waals surface area (Å²) in [7, 11) is 2.17. The Morgan fingerprint density at radius 2 is 1.82 bits per heavy atom. The maximum absolute atomic E-state index is 12.0. The number of carbonyl (C=O) groups is 1. The van der Waals surface area contributed by atoms with Crippen molar-refractivity contribution in [2.45, 2.75) is 48.6 Å². The fraction of sp³-hybridized carbons (Fsp3) is 0.417. The molecule has 1 aliphatic carbocycles. The molecule has 2 fully saturated rings. The van der Waals surface area contributed by atoms with Gasteiger partial charge < -0.3 is 15.5 Å². The van der Waals surface area contributed by atoms with Crippen LogP contribution in [-0.2, 0) is 4.79 Å². The molecule has 0 unspecified atom stereocenters. The van der Waals surface area contributed by atoms with Crippen LogP contribution in [0.3, 0.4) is 0 Å². The lowest BCUT2D eigenvalue weighted by molar-refractivity contribution is -0.117. The van der Waals surface area contributed by atoms with E-state index in [0.717, 1.165) is 72.4 Å². The van der Waals surface area contributed by atoms with Gasteiger partial charge in [-0.3, -0.25) is 9.89 Å². The van der Waals surface area contributed by atoms with Crippen molar-refractivity contribution in [1.82, 2.24) is 25.1 Å². The summed E-state index contributed by atoms with van der Waals surface area (Å²) in [5.41, 5.74) is 2.89. The Kier molecular flexibility index (Phi) is 6.32. The Morgan fingerprint density at radius 1 is 1.06 bits per heavy atom. The number of amides is 1. The number of aromatic amines is 1. The van der Waals surface area contributed by atoms with Crippen molar-refractivity contribution in [2.24, 2.45) is 5.92 Å². The highest BCUT2D eigenvalue weighted by molar-refractivity contribution is 7.99. The molecule has 33 heavy (non-hydrogen) atoms. The average Bonchev–Trinajstić information content (AvgIpc) is 3.58. The van der Waals surface area contributed by atoms with Gasteiger partial charge in [-0.15, -0.1) is 0 Å². The SMILES string of the molecule is Cc1cc(Nc2cc(C3CCN(C)CC3)nc(Sc3ccc(NC(=O)C4CC4)cc3)n2)n[nH]1. The molecule has 3 N–H and O–H groups in total. The fourth-order valence-electron chi connectivity index (χ4n) is 3.98. The van der Waals surface area contributed by atoms with Crippen LogP contribution in [0.15, 0.2) is 46.5 Å². The molecule has 3 aromatic rings. The summed E-state index contributed by atoms with van der Waals surface area (Å²) in [6.07, 6.45) is 4.18. The molecule has 0 atom stereocenters. The Labute approximate surface area is 198 Å². The van der Waals surface area contributed by atoms with Gasteiger partial charge in [0.25, 0.3) is 0 Å². The minimum Gasteiger partial charge on any atom is -0.326 e. The van der Waals surface area contributed by atoms with Gasteiger partial charge >= 0.3 is 0 Å². The molecule has 1 aliphatic heterocycles. The summed E-state index contributed by atoms with van der Waals surface area (Å²) < 4.78 is 0. The maximum Gasteiger partial charge on any atom is 0.227 e. The number of hydrogen-bond donors (Lipinski definition) is 3. The van der Waals surface area contributed by atoms with E-state index in [9.17, 15) is 4.79 Å². The normalized spacial score (nSPS) is 17.2. The van der Waals surface area contributed by atoms with E-state index in [4.69, 9.17) is 9.97 Å². The summed E-state index contributed by atoms with van der Waals surface area (Å²) >= 11 is 1.53. The van der Waals surface area contributed by atoms with E-state index in [-0.39, 0.29) is 11.8 Å². The summed E-state index contributed by atoms with van der Waals surface area (Å²) in [6, 6.07) is 11.9. The van der Waals surface area contributed by atoms with Crippen LogP contribution >= 0.6 is 11.8 Å². The first kappa shape index (κ1) is 21.9. The van der Waals surface area contributed by atoms with Crippen LogP contribution in [0.25, 0.3) is 0 Å². The average molecular weight is 464 g/mol. The molecule has 8 nitrogen and oxygen atoms in total. The lowest BCUT2D eigenvalue weighted by Gasteiger charge is -2.28. The van der Waals surface area contributed by atoms with Crippen LogP contribution in [0.5, 0.6) is 0 Å². The lowest BCUT2D eigenvalue weighted by Crippen LogP contribution is -2.29. The number of nitrogens with one attached hydrogen (secondary N) is 3. The second-order valence-electron chi connectivity index (χ2n) is 8.99. The van der Waals surface area contributed by atoms with E-state index in [0.29, 0.717) is 11.1 Å². The number of H-pyrrole nitrogens is 1. The second kappa shape index (κ2) is 9.52. The number of aryl methyl sites for hydroxylation is 1. The first-order valence-electron chi connectivity index (χ1n) is 11.5. The number of aromatic nitrogens is 4. The highest BCUT2D eigenvalue weighted by Gasteiger charge is 2.29. The summed E-state index contributed by atoms with van der Waals surface area (Å²) in [4.78, 5) is 25.1. The molecule has 2 aliphatic rings. The number of carbonyl (C=O) groups excluding carboxylic acids is 1. The van der Waals surface area contributed by atoms with Gasteiger partial charge in [0, 0.05) is 40.2 Å². The first-order valence-corrected chi connectivity index (χ1v) is 12.3. The smallest absolute Gasteiger partial charge is 0.227 e. The van der Waals surface area contributed by atoms with E-state index in [1.165, 1.54) is 11.8 Å².